The second kappa shape index (κ2) is 8.46. The number of aryl methyl sites for hydroxylation is 2. The number of hydrogen-bond donors (Lipinski definition) is 2. The fourth-order valence-corrected chi connectivity index (χ4v) is 5.03. The van der Waals surface area contributed by atoms with Crippen molar-refractivity contribution < 1.29 is 16.8 Å². The zero-order valence-corrected chi connectivity index (χ0v) is 17.7. The highest BCUT2D eigenvalue weighted by molar-refractivity contribution is 7.90. The van der Waals surface area contributed by atoms with Crippen LogP contribution in [0.4, 0.5) is 0 Å². The van der Waals surface area contributed by atoms with Crippen LogP contribution in [0.2, 0.25) is 0 Å². The van der Waals surface area contributed by atoms with Gasteiger partial charge in [0.25, 0.3) is 0 Å². The molecule has 3 aromatic carbocycles. The summed E-state index contributed by atoms with van der Waals surface area (Å²) in [6, 6.07) is 21.1. The first-order valence-electron chi connectivity index (χ1n) is 8.90. The lowest BCUT2D eigenvalue weighted by Crippen LogP contribution is -2.41. The van der Waals surface area contributed by atoms with E-state index >= 15 is 0 Å². The van der Waals surface area contributed by atoms with E-state index in [0.29, 0.717) is 5.56 Å². The zero-order valence-electron chi connectivity index (χ0n) is 16.0. The Morgan fingerprint density at radius 3 is 1.34 bits per heavy atom. The molecular formula is C21H22N2O4S2. The molecule has 0 bridgehead atoms. The van der Waals surface area contributed by atoms with Crippen molar-refractivity contribution in [2.45, 2.75) is 29.8 Å². The lowest BCUT2D eigenvalue weighted by Gasteiger charge is -2.21. The zero-order chi connectivity index (χ0) is 21.1. The number of benzene rings is 3. The average Bonchev–Trinajstić information content (AvgIpc) is 2.68. The summed E-state index contributed by atoms with van der Waals surface area (Å²) in [6.45, 7) is 3.71. The molecule has 0 aromatic heterocycles. The molecule has 8 heteroatoms. The predicted molar refractivity (Wildman–Crippen MR) is 112 cm³/mol. The van der Waals surface area contributed by atoms with Crippen LogP contribution in [0.25, 0.3) is 0 Å². The summed E-state index contributed by atoms with van der Waals surface area (Å²) >= 11 is 0. The van der Waals surface area contributed by atoms with Crippen molar-refractivity contribution in [1.82, 2.24) is 9.44 Å². The number of sulfonamides is 2. The molecule has 6 nitrogen and oxygen atoms in total. The van der Waals surface area contributed by atoms with Crippen molar-refractivity contribution in [3.05, 3.63) is 95.6 Å². The van der Waals surface area contributed by atoms with Gasteiger partial charge in [-0.15, -0.1) is 0 Å². The molecule has 0 saturated carbocycles. The quantitative estimate of drug-likeness (QED) is 0.563. The van der Waals surface area contributed by atoms with Crippen LogP contribution < -0.4 is 9.44 Å². The topological polar surface area (TPSA) is 92.3 Å². The molecule has 3 rings (SSSR count). The van der Waals surface area contributed by atoms with Crippen LogP contribution in [0.1, 0.15) is 22.9 Å². The van der Waals surface area contributed by atoms with E-state index in [9.17, 15) is 16.8 Å². The van der Waals surface area contributed by atoms with Crippen molar-refractivity contribution >= 4 is 20.0 Å². The van der Waals surface area contributed by atoms with E-state index in [-0.39, 0.29) is 9.79 Å². The Morgan fingerprint density at radius 2 is 0.966 bits per heavy atom. The summed E-state index contributed by atoms with van der Waals surface area (Å²) in [4.78, 5) is 0.108. The Labute approximate surface area is 171 Å². The lowest BCUT2D eigenvalue weighted by atomic mass is 10.2. The fraction of sp³-hybridized carbons (Fsp3) is 0.143. The van der Waals surface area contributed by atoms with Crippen LogP contribution in [-0.4, -0.2) is 16.8 Å². The maximum absolute atomic E-state index is 12.8. The van der Waals surface area contributed by atoms with Crippen molar-refractivity contribution in [3.8, 4) is 0 Å². The van der Waals surface area contributed by atoms with Crippen LogP contribution in [-0.2, 0) is 20.0 Å². The lowest BCUT2D eigenvalue weighted by molar-refractivity contribution is 0.527. The van der Waals surface area contributed by atoms with E-state index in [1.54, 1.807) is 54.6 Å². The Hall–Kier alpha value is -2.52. The summed E-state index contributed by atoms with van der Waals surface area (Å²) in [5.41, 5.74) is 2.31. The highest BCUT2D eigenvalue weighted by atomic mass is 32.2. The van der Waals surface area contributed by atoms with Gasteiger partial charge in [0, 0.05) is 0 Å². The maximum Gasteiger partial charge on any atom is 0.242 e. The van der Waals surface area contributed by atoms with Gasteiger partial charge in [0.05, 0.1) is 9.79 Å². The molecule has 0 aliphatic rings. The van der Waals surface area contributed by atoms with Crippen molar-refractivity contribution in [2.75, 3.05) is 0 Å². The Morgan fingerprint density at radius 1 is 0.586 bits per heavy atom. The first kappa shape index (κ1) is 21.2. The van der Waals surface area contributed by atoms with Crippen molar-refractivity contribution in [3.63, 3.8) is 0 Å². The second-order valence-corrected chi connectivity index (χ2v) is 10.1. The molecule has 29 heavy (non-hydrogen) atoms. The van der Waals surface area contributed by atoms with Gasteiger partial charge in [-0.1, -0.05) is 65.7 Å². The normalized spacial score (nSPS) is 12.2. The van der Waals surface area contributed by atoms with Gasteiger partial charge in [-0.25, -0.2) is 16.8 Å². The monoisotopic (exact) mass is 430 g/mol. The minimum absolute atomic E-state index is 0.0542. The molecule has 0 saturated heterocycles. The van der Waals surface area contributed by atoms with Gasteiger partial charge < -0.3 is 0 Å². The van der Waals surface area contributed by atoms with E-state index in [2.05, 4.69) is 9.44 Å². The molecule has 0 aliphatic carbocycles. The van der Waals surface area contributed by atoms with Crippen LogP contribution in [0.3, 0.4) is 0 Å². The number of hydrogen-bond acceptors (Lipinski definition) is 4. The number of rotatable bonds is 7. The smallest absolute Gasteiger partial charge is 0.207 e. The molecule has 0 unspecified atom stereocenters. The van der Waals surface area contributed by atoms with Crippen LogP contribution >= 0.6 is 0 Å². The van der Waals surface area contributed by atoms with Crippen molar-refractivity contribution in [2.24, 2.45) is 0 Å². The van der Waals surface area contributed by atoms with Gasteiger partial charge in [0.1, 0.15) is 6.17 Å². The van der Waals surface area contributed by atoms with Gasteiger partial charge in [0.15, 0.2) is 0 Å². The van der Waals surface area contributed by atoms with E-state index in [4.69, 9.17) is 0 Å². The fourth-order valence-electron chi connectivity index (χ4n) is 2.69. The van der Waals surface area contributed by atoms with Gasteiger partial charge in [-0.05, 0) is 43.7 Å². The van der Waals surface area contributed by atoms with Crippen LogP contribution in [0, 0.1) is 13.8 Å². The third-order valence-electron chi connectivity index (χ3n) is 4.34. The molecule has 0 aliphatic heterocycles. The largest absolute Gasteiger partial charge is 0.242 e. The summed E-state index contributed by atoms with van der Waals surface area (Å²) in [6.07, 6.45) is -1.17. The molecule has 0 fully saturated rings. The molecule has 0 spiro atoms. The van der Waals surface area contributed by atoms with Crippen molar-refractivity contribution in [1.29, 1.82) is 0 Å². The van der Waals surface area contributed by atoms with E-state index in [1.807, 2.05) is 13.8 Å². The number of nitrogens with one attached hydrogen (secondary N) is 2. The third kappa shape index (κ3) is 5.30. The summed E-state index contributed by atoms with van der Waals surface area (Å²) in [5, 5.41) is 0. The van der Waals surface area contributed by atoms with E-state index in [1.165, 1.54) is 24.3 Å². The SMILES string of the molecule is Cc1ccc(S(=O)(=O)NC(NS(=O)(=O)c2ccc(C)cc2)c2ccccc2)cc1. The first-order valence-corrected chi connectivity index (χ1v) is 11.9. The molecule has 3 aromatic rings. The highest BCUT2D eigenvalue weighted by Gasteiger charge is 2.26. The van der Waals surface area contributed by atoms with Gasteiger partial charge in [0.2, 0.25) is 20.0 Å². The highest BCUT2D eigenvalue weighted by Crippen LogP contribution is 2.19. The van der Waals surface area contributed by atoms with Gasteiger partial charge in [-0.3, -0.25) is 0 Å². The molecular weight excluding hydrogens is 408 g/mol. The standard InChI is InChI=1S/C21H22N2O4S2/c1-16-8-12-19(13-9-16)28(24,25)22-21(18-6-4-3-5-7-18)23-29(26,27)20-14-10-17(2)11-15-20/h3-15,21-23H,1-2H3. The molecule has 0 amide bonds. The minimum atomic E-state index is -3.96. The minimum Gasteiger partial charge on any atom is -0.207 e. The summed E-state index contributed by atoms with van der Waals surface area (Å²) in [5.74, 6) is 0. The summed E-state index contributed by atoms with van der Waals surface area (Å²) < 4.78 is 56.3. The average molecular weight is 431 g/mol. The molecule has 0 atom stereocenters. The summed E-state index contributed by atoms with van der Waals surface area (Å²) in [7, 11) is -7.93. The Bertz CT molecular complexity index is 1100. The molecule has 0 heterocycles. The molecule has 2 N–H and O–H groups in total. The molecule has 152 valence electrons. The predicted octanol–water partition coefficient (Wildman–Crippen LogP) is 3.26. The Kier molecular flexibility index (Phi) is 6.18. The maximum atomic E-state index is 12.8. The van der Waals surface area contributed by atoms with Gasteiger partial charge in [-0.2, -0.15) is 9.44 Å². The molecule has 0 radical (unpaired) electrons. The van der Waals surface area contributed by atoms with E-state index < -0.39 is 26.2 Å². The first-order chi connectivity index (χ1) is 13.7. The van der Waals surface area contributed by atoms with Crippen LogP contribution in [0.5, 0.6) is 0 Å². The van der Waals surface area contributed by atoms with Crippen LogP contribution in [0.15, 0.2) is 88.7 Å². The van der Waals surface area contributed by atoms with Gasteiger partial charge >= 0.3 is 0 Å². The Balaban J connectivity index is 1.95. The second-order valence-electron chi connectivity index (χ2n) is 6.71. The third-order valence-corrected chi connectivity index (χ3v) is 7.22. The van der Waals surface area contributed by atoms with E-state index in [0.717, 1.165) is 11.1 Å².